The number of rotatable bonds is 2. The SMILES string of the molecule is CN(C)[C@@H]1C[C@@H]2CN(c3ccc(C(F)(F)F)cn3)C[C@@H]2C[C@H]1O. The molecule has 0 unspecified atom stereocenters. The smallest absolute Gasteiger partial charge is 0.391 e. The fourth-order valence-electron chi connectivity index (χ4n) is 3.89. The van der Waals surface area contributed by atoms with Crippen molar-refractivity contribution in [1.82, 2.24) is 9.88 Å². The zero-order valence-electron chi connectivity index (χ0n) is 13.3. The van der Waals surface area contributed by atoms with Crippen LogP contribution in [0.4, 0.5) is 19.0 Å². The van der Waals surface area contributed by atoms with E-state index in [4.69, 9.17) is 0 Å². The molecular weight excluding hydrogens is 307 g/mol. The number of aromatic nitrogens is 1. The fraction of sp³-hybridized carbons (Fsp3) is 0.688. The van der Waals surface area contributed by atoms with Gasteiger partial charge in [-0.1, -0.05) is 0 Å². The zero-order valence-corrected chi connectivity index (χ0v) is 13.3. The van der Waals surface area contributed by atoms with Gasteiger partial charge in [0.15, 0.2) is 0 Å². The number of hydrogen-bond acceptors (Lipinski definition) is 4. The lowest BCUT2D eigenvalue weighted by Crippen LogP contribution is -2.46. The van der Waals surface area contributed by atoms with Gasteiger partial charge < -0.3 is 14.9 Å². The Kier molecular flexibility index (Phi) is 4.27. The summed E-state index contributed by atoms with van der Waals surface area (Å²) in [4.78, 5) is 8.09. The summed E-state index contributed by atoms with van der Waals surface area (Å²) < 4.78 is 37.8. The molecule has 0 amide bonds. The largest absolute Gasteiger partial charge is 0.417 e. The van der Waals surface area contributed by atoms with Gasteiger partial charge in [0.05, 0.1) is 11.7 Å². The van der Waals surface area contributed by atoms with Crippen LogP contribution in [0, 0.1) is 11.8 Å². The quantitative estimate of drug-likeness (QED) is 0.903. The standard InChI is InChI=1S/C16H22F3N3O/c1-21(2)13-5-10-8-22(9-11(10)6-14(13)23)15-4-3-12(7-20-15)16(17,18)19/h3-4,7,10-11,13-14,23H,5-6,8-9H2,1-2H3/t10-,11+,13-,14-/m1/s1. The van der Waals surface area contributed by atoms with Crippen molar-refractivity contribution in [2.45, 2.75) is 31.2 Å². The highest BCUT2D eigenvalue weighted by atomic mass is 19.4. The van der Waals surface area contributed by atoms with E-state index in [-0.39, 0.29) is 12.1 Å². The summed E-state index contributed by atoms with van der Waals surface area (Å²) in [5, 5.41) is 10.3. The Balaban J connectivity index is 1.70. The Bertz CT molecular complexity index is 546. The average molecular weight is 329 g/mol. The first-order chi connectivity index (χ1) is 10.8. The zero-order chi connectivity index (χ0) is 16.8. The molecule has 1 aromatic rings. The number of pyridine rings is 1. The summed E-state index contributed by atoms with van der Waals surface area (Å²) in [6, 6.07) is 2.68. The minimum absolute atomic E-state index is 0.150. The van der Waals surface area contributed by atoms with Crippen molar-refractivity contribution in [3.05, 3.63) is 23.9 Å². The molecule has 1 aliphatic carbocycles. The molecule has 1 saturated carbocycles. The van der Waals surface area contributed by atoms with E-state index in [0.717, 1.165) is 38.2 Å². The lowest BCUT2D eigenvalue weighted by molar-refractivity contribution is -0.137. The molecule has 4 nitrogen and oxygen atoms in total. The first-order valence-corrected chi connectivity index (χ1v) is 7.88. The highest BCUT2D eigenvalue weighted by Gasteiger charge is 2.42. The highest BCUT2D eigenvalue weighted by molar-refractivity contribution is 5.41. The third-order valence-electron chi connectivity index (χ3n) is 5.17. The average Bonchev–Trinajstić information content (AvgIpc) is 2.88. The molecule has 23 heavy (non-hydrogen) atoms. The number of likely N-dealkylation sites (N-methyl/N-ethyl adjacent to an activating group) is 1. The number of aliphatic hydroxyl groups is 1. The second-order valence-electron chi connectivity index (χ2n) is 6.90. The second-order valence-corrected chi connectivity index (χ2v) is 6.90. The van der Waals surface area contributed by atoms with Gasteiger partial charge in [0.2, 0.25) is 0 Å². The van der Waals surface area contributed by atoms with Crippen LogP contribution < -0.4 is 4.90 Å². The molecule has 1 N–H and O–H groups in total. The summed E-state index contributed by atoms with van der Waals surface area (Å²) in [6.07, 6.45) is -2.14. The van der Waals surface area contributed by atoms with Crippen LogP contribution in [0.1, 0.15) is 18.4 Å². The van der Waals surface area contributed by atoms with Gasteiger partial charge in [0.25, 0.3) is 0 Å². The number of hydrogen-bond donors (Lipinski definition) is 1. The summed E-state index contributed by atoms with van der Waals surface area (Å²) in [6.45, 7) is 1.54. The van der Waals surface area contributed by atoms with Crippen molar-refractivity contribution in [1.29, 1.82) is 0 Å². The molecule has 4 atom stereocenters. The van der Waals surface area contributed by atoms with Gasteiger partial charge in [-0.3, -0.25) is 0 Å². The number of halogens is 3. The van der Waals surface area contributed by atoms with Crippen molar-refractivity contribution in [2.75, 3.05) is 32.1 Å². The van der Waals surface area contributed by atoms with Gasteiger partial charge in [-0.2, -0.15) is 13.2 Å². The fourth-order valence-corrected chi connectivity index (χ4v) is 3.89. The summed E-state index contributed by atoms with van der Waals surface area (Å²) in [5.41, 5.74) is -0.721. The Morgan fingerprint density at radius 3 is 2.35 bits per heavy atom. The molecule has 1 aromatic heterocycles. The summed E-state index contributed by atoms with van der Waals surface area (Å²) in [7, 11) is 3.94. The van der Waals surface area contributed by atoms with Gasteiger partial charge in [-0.25, -0.2) is 4.98 Å². The van der Waals surface area contributed by atoms with Crippen LogP contribution in [0.5, 0.6) is 0 Å². The molecule has 0 radical (unpaired) electrons. The van der Waals surface area contributed by atoms with Crippen LogP contribution in [0.25, 0.3) is 0 Å². The van der Waals surface area contributed by atoms with E-state index in [2.05, 4.69) is 9.88 Å². The third kappa shape index (κ3) is 3.30. The molecule has 1 aliphatic heterocycles. The Labute approximate surface area is 133 Å². The second kappa shape index (κ2) is 5.94. The molecule has 0 spiro atoms. The number of anilines is 1. The maximum absolute atomic E-state index is 12.6. The van der Waals surface area contributed by atoms with Gasteiger partial charge in [-0.15, -0.1) is 0 Å². The first kappa shape index (κ1) is 16.5. The van der Waals surface area contributed by atoms with E-state index in [1.165, 1.54) is 6.07 Å². The summed E-state index contributed by atoms with van der Waals surface area (Å²) in [5.74, 6) is 1.42. The monoisotopic (exact) mass is 329 g/mol. The van der Waals surface area contributed by atoms with Crippen LogP contribution in [0.15, 0.2) is 18.3 Å². The molecule has 0 aromatic carbocycles. The topological polar surface area (TPSA) is 39.6 Å². The van der Waals surface area contributed by atoms with E-state index < -0.39 is 11.7 Å². The number of nitrogens with zero attached hydrogens (tertiary/aromatic N) is 3. The molecule has 1 saturated heterocycles. The van der Waals surface area contributed by atoms with Gasteiger partial charge in [-0.05, 0) is 50.9 Å². The van der Waals surface area contributed by atoms with E-state index in [1.54, 1.807) is 0 Å². The van der Waals surface area contributed by atoms with Crippen LogP contribution in [0.3, 0.4) is 0 Å². The van der Waals surface area contributed by atoms with E-state index >= 15 is 0 Å². The number of aliphatic hydroxyl groups excluding tert-OH is 1. The van der Waals surface area contributed by atoms with E-state index in [9.17, 15) is 18.3 Å². The number of fused-ring (bicyclic) bond motifs is 1. The lowest BCUT2D eigenvalue weighted by atomic mass is 9.77. The minimum Gasteiger partial charge on any atom is -0.391 e. The van der Waals surface area contributed by atoms with Gasteiger partial charge >= 0.3 is 6.18 Å². The maximum atomic E-state index is 12.6. The first-order valence-electron chi connectivity index (χ1n) is 7.88. The molecule has 7 heteroatoms. The molecule has 0 bridgehead atoms. The molecule has 2 heterocycles. The Morgan fingerprint density at radius 1 is 1.17 bits per heavy atom. The lowest BCUT2D eigenvalue weighted by Gasteiger charge is -2.38. The van der Waals surface area contributed by atoms with Crippen molar-refractivity contribution in [3.63, 3.8) is 0 Å². The summed E-state index contributed by atoms with van der Waals surface area (Å²) >= 11 is 0. The van der Waals surface area contributed by atoms with Crippen LogP contribution >= 0.6 is 0 Å². The van der Waals surface area contributed by atoms with Crippen LogP contribution in [-0.2, 0) is 6.18 Å². The molecular formula is C16H22F3N3O. The van der Waals surface area contributed by atoms with E-state index in [0.29, 0.717) is 17.7 Å². The van der Waals surface area contributed by atoms with Gasteiger partial charge in [0.1, 0.15) is 5.82 Å². The van der Waals surface area contributed by atoms with Gasteiger partial charge in [0, 0.05) is 25.3 Å². The highest BCUT2D eigenvalue weighted by Crippen LogP contribution is 2.39. The van der Waals surface area contributed by atoms with Crippen molar-refractivity contribution in [3.8, 4) is 0 Å². The Morgan fingerprint density at radius 2 is 1.83 bits per heavy atom. The Hall–Kier alpha value is -1.34. The minimum atomic E-state index is -4.35. The predicted octanol–water partition coefficient (Wildman–Crippen LogP) is 2.24. The third-order valence-corrected chi connectivity index (χ3v) is 5.17. The number of alkyl halides is 3. The van der Waals surface area contributed by atoms with Crippen LogP contribution in [0.2, 0.25) is 0 Å². The van der Waals surface area contributed by atoms with Crippen molar-refractivity contribution >= 4 is 5.82 Å². The molecule has 2 fully saturated rings. The normalized spacial score (nSPS) is 31.5. The van der Waals surface area contributed by atoms with Crippen molar-refractivity contribution < 1.29 is 18.3 Å². The van der Waals surface area contributed by atoms with E-state index in [1.807, 2.05) is 19.0 Å². The molecule has 128 valence electrons. The van der Waals surface area contributed by atoms with Crippen molar-refractivity contribution in [2.24, 2.45) is 11.8 Å². The molecule has 3 rings (SSSR count). The molecule has 2 aliphatic rings. The maximum Gasteiger partial charge on any atom is 0.417 e. The predicted molar refractivity (Wildman–Crippen MR) is 81.1 cm³/mol. The van der Waals surface area contributed by atoms with Crippen LogP contribution in [-0.4, -0.2) is 54.3 Å².